The highest BCUT2D eigenvalue weighted by atomic mass is 19.3. The van der Waals surface area contributed by atoms with Crippen molar-refractivity contribution in [2.75, 3.05) is 32.8 Å². The number of carbonyl (C=O) groups is 2. The number of piperidine rings is 1. The van der Waals surface area contributed by atoms with Gasteiger partial charge in [0.15, 0.2) is 0 Å². The third kappa shape index (κ3) is 3.58. The van der Waals surface area contributed by atoms with Crippen LogP contribution in [0.25, 0.3) is 0 Å². The number of halogens is 2. The van der Waals surface area contributed by atoms with Crippen LogP contribution in [0.15, 0.2) is 24.3 Å². The van der Waals surface area contributed by atoms with Gasteiger partial charge in [-0.2, -0.15) is 0 Å². The highest BCUT2D eigenvalue weighted by Gasteiger charge is 2.46. The molecule has 2 atom stereocenters. The molecule has 3 saturated heterocycles. The summed E-state index contributed by atoms with van der Waals surface area (Å²) < 4.78 is 31.7. The largest absolute Gasteiger partial charge is 0.366 e. The second-order valence-corrected chi connectivity index (χ2v) is 8.77. The minimum Gasteiger partial charge on any atom is -0.366 e. The molecule has 3 amide bonds. The summed E-state index contributed by atoms with van der Waals surface area (Å²) in [5.74, 6) is -2.38. The number of morpholine rings is 1. The number of nitrogens with zero attached hydrogens (tertiary/aromatic N) is 2. The molecule has 3 aliphatic heterocycles. The molecule has 0 spiro atoms. The topological polar surface area (TPSA) is 61.9 Å². The number of benzene rings is 1. The molecule has 1 aliphatic carbocycles. The molecule has 4 aliphatic rings. The zero-order chi connectivity index (χ0) is 20.2. The summed E-state index contributed by atoms with van der Waals surface area (Å²) in [6, 6.07) is 7.81. The molecule has 29 heavy (non-hydrogen) atoms. The Morgan fingerprint density at radius 1 is 1.03 bits per heavy atom. The molecule has 5 rings (SSSR count). The van der Waals surface area contributed by atoms with Crippen LogP contribution in [-0.2, 0) is 9.53 Å². The van der Waals surface area contributed by atoms with Crippen LogP contribution in [0.3, 0.4) is 0 Å². The first-order chi connectivity index (χ1) is 13.9. The fourth-order valence-corrected chi connectivity index (χ4v) is 4.86. The monoisotopic (exact) mass is 405 g/mol. The van der Waals surface area contributed by atoms with Crippen molar-refractivity contribution in [3.8, 4) is 0 Å². The maximum absolute atomic E-state index is 13.1. The Morgan fingerprint density at radius 2 is 1.69 bits per heavy atom. The van der Waals surface area contributed by atoms with E-state index in [1.807, 2.05) is 29.2 Å². The average Bonchev–Trinajstić information content (AvgIpc) is 2.64. The van der Waals surface area contributed by atoms with Crippen molar-refractivity contribution in [1.82, 2.24) is 15.1 Å². The van der Waals surface area contributed by atoms with Crippen molar-refractivity contribution in [2.45, 2.75) is 49.2 Å². The summed E-state index contributed by atoms with van der Waals surface area (Å²) in [6.07, 6.45) is 0.619. The number of hydrogen-bond acceptors (Lipinski definition) is 3. The normalized spacial score (nSPS) is 29.5. The van der Waals surface area contributed by atoms with Gasteiger partial charge in [0.25, 0.3) is 0 Å². The van der Waals surface area contributed by atoms with Crippen LogP contribution in [-0.4, -0.2) is 72.6 Å². The number of nitrogens with one attached hydrogen (secondary N) is 1. The zero-order valence-corrected chi connectivity index (χ0v) is 16.2. The number of ether oxygens (including phenoxy) is 1. The molecule has 3 heterocycles. The lowest BCUT2D eigenvalue weighted by Gasteiger charge is -2.46. The number of amides is 3. The van der Waals surface area contributed by atoms with Crippen molar-refractivity contribution in [2.24, 2.45) is 0 Å². The van der Waals surface area contributed by atoms with Crippen LogP contribution in [0, 0.1) is 0 Å². The van der Waals surface area contributed by atoms with Gasteiger partial charge in [-0.15, -0.1) is 0 Å². The van der Waals surface area contributed by atoms with Gasteiger partial charge in [-0.1, -0.05) is 24.3 Å². The third-order valence-corrected chi connectivity index (χ3v) is 6.72. The molecule has 1 N–H and O–H groups in total. The lowest BCUT2D eigenvalue weighted by Crippen LogP contribution is -2.63. The quantitative estimate of drug-likeness (QED) is 0.822. The van der Waals surface area contributed by atoms with Crippen molar-refractivity contribution in [1.29, 1.82) is 0 Å². The van der Waals surface area contributed by atoms with E-state index in [9.17, 15) is 18.4 Å². The SMILES string of the molecule is O=C1CO[C@H]2CCN(C(=O)N3CC(c4ccc(C5CC(F)(F)C5)cc4)C3)C[C@H]2N1. The fourth-order valence-electron chi connectivity index (χ4n) is 4.86. The van der Waals surface area contributed by atoms with E-state index in [1.54, 1.807) is 4.90 Å². The molecule has 4 fully saturated rings. The van der Waals surface area contributed by atoms with Crippen molar-refractivity contribution in [3.63, 3.8) is 0 Å². The highest BCUT2D eigenvalue weighted by Crippen LogP contribution is 2.48. The Hall–Kier alpha value is -2.22. The first kappa shape index (κ1) is 18.8. The minimum atomic E-state index is -2.50. The summed E-state index contributed by atoms with van der Waals surface area (Å²) in [7, 11) is 0. The number of carbonyl (C=O) groups excluding carboxylic acids is 2. The van der Waals surface area contributed by atoms with Gasteiger partial charge in [-0.25, -0.2) is 13.6 Å². The Bertz CT molecular complexity index is 802. The van der Waals surface area contributed by atoms with Crippen LogP contribution in [0.1, 0.15) is 42.2 Å². The van der Waals surface area contributed by atoms with E-state index in [-0.39, 0.29) is 55.4 Å². The Kier molecular flexibility index (Phi) is 4.49. The lowest BCUT2D eigenvalue weighted by atomic mass is 9.76. The summed E-state index contributed by atoms with van der Waals surface area (Å²) in [4.78, 5) is 27.9. The predicted molar refractivity (Wildman–Crippen MR) is 101 cm³/mol. The van der Waals surface area contributed by atoms with E-state index in [0.29, 0.717) is 26.2 Å². The molecule has 1 aromatic carbocycles. The maximum Gasteiger partial charge on any atom is 0.320 e. The van der Waals surface area contributed by atoms with E-state index in [1.165, 1.54) is 0 Å². The number of hydrogen-bond donors (Lipinski definition) is 1. The number of alkyl halides is 2. The molecule has 1 saturated carbocycles. The smallest absolute Gasteiger partial charge is 0.320 e. The molecule has 0 radical (unpaired) electrons. The van der Waals surface area contributed by atoms with Crippen molar-refractivity contribution < 1.29 is 23.1 Å². The molecule has 156 valence electrons. The Labute approximate surface area is 168 Å². The highest BCUT2D eigenvalue weighted by molar-refractivity contribution is 5.79. The van der Waals surface area contributed by atoms with Crippen molar-refractivity contribution >= 4 is 11.9 Å². The van der Waals surface area contributed by atoms with Gasteiger partial charge >= 0.3 is 6.03 Å². The fraction of sp³-hybridized carbons (Fsp3) is 0.619. The molecule has 6 nitrogen and oxygen atoms in total. The predicted octanol–water partition coefficient (Wildman–Crippen LogP) is 2.31. The van der Waals surface area contributed by atoms with Crippen LogP contribution in [0.5, 0.6) is 0 Å². The number of rotatable bonds is 2. The van der Waals surface area contributed by atoms with Crippen LogP contribution in [0.4, 0.5) is 13.6 Å². The van der Waals surface area contributed by atoms with Gasteiger partial charge in [0, 0.05) is 44.9 Å². The van der Waals surface area contributed by atoms with E-state index < -0.39 is 5.92 Å². The number of likely N-dealkylation sites (tertiary alicyclic amines) is 2. The summed E-state index contributed by atoms with van der Waals surface area (Å²) in [6.45, 7) is 2.54. The van der Waals surface area contributed by atoms with Gasteiger partial charge in [0.05, 0.1) is 12.1 Å². The molecular weight excluding hydrogens is 380 g/mol. The van der Waals surface area contributed by atoms with Gasteiger partial charge in [-0.3, -0.25) is 4.79 Å². The Balaban J connectivity index is 1.13. The molecular formula is C21H25F2N3O3. The van der Waals surface area contributed by atoms with E-state index in [2.05, 4.69) is 5.32 Å². The second-order valence-electron chi connectivity index (χ2n) is 8.77. The van der Waals surface area contributed by atoms with E-state index in [4.69, 9.17) is 4.74 Å². The maximum atomic E-state index is 13.1. The first-order valence-corrected chi connectivity index (χ1v) is 10.3. The van der Waals surface area contributed by atoms with E-state index >= 15 is 0 Å². The molecule has 0 aromatic heterocycles. The van der Waals surface area contributed by atoms with Crippen LogP contribution < -0.4 is 5.32 Å². The zero-order valence-electron chi connectivity index (χ0n) is 16.2. The number of urea groups is 1. The second kappa shape index (κ2) is 6.93. The van der Waals surface area contributed by atoms with Crippen LogP contribution in [0.2, 0.25) is 0 Å². The van der Waals surface area contributed by atoms with Crippen LogP contribution >= 0.6 is 0 Å². The third-order valence-electron chi connectivity index (χ3n) is 6.72. The Morgan fingerprint density at radius 3 is 2.34 bits per heavy atom. The van der Waals surface area contributed by atoms with Gasteiger partial charge in [0.1, 0.15) is 6.61 Å². The van der Waals surface area contributed by atoms with Gasteiger partial charge in [0.2, 0.25) is 11.8 Å². The van der Waals surface area contributed by atoms with Gasteiger partial charge in [-0.05, 0) is 23.5 Å². The van der Waals surface area contributed by atoms with E-state index in [0.717, 1.165) is 17.5 Å². The standard InChI is InChI=1S/C21H25F2N3O3/c22-21(23)7-15(8-21)13-1-3-14(4-2-13)16-9-26(10-16)20(28)25-6-5-18-17(11-25)24-19(27)12-29-18/h1-4,15-18H,5-12H2,(H,24,27)/t17-,18+/m1/s1. The molecule has 8 heteroatoms. The summed E-state index contributed by atoms with van der Waals surface area (Å²) in [5.41, 5.74) is 2.13. The molecule has 1 aromatic rings. The summed E-state index contributed by atoms with van der Waals surface area (Å²) >= 11 is 0. The first-order valence-electron chi connectivity index (χ1n) is 10.3. The van der Waals surface area contributed by atoms with Crippen molar-refractivity contribution in [3.05, 3.63) is 35.4 Å². The molecule has 0 unspecified atom stereocenters. The average molecular weight is 405 g/mol. The molecule has 0 bridgehead atoms. The number of fused-ring (bicyclic) bond motifs is 1. The summed E-state index contributed by atoms with van der Waals surface area (Å²) in [5, 5.41) is 2.92. The lowest BCUT2D eigenvalue weighted by molar-refractivity contribution is -0.139. The van der Waals surface area contributed by atoms with Gasteiger partial charge < -0.3 is 19.9 Å². The minimum absolute atomic E-state index is 0.00461.